The van der Waals surface area contributed by atoms with Crippen LogP contribution in [0, 0.1) is 0 Å². The van der Waals surface area contributed by atoms with E-state index in [2.05, 4.69) is 18.7 Å². The number of rotatable bonds is 18. The van der Waals surface area contributed by atoms with Gasteiger partial charge in [0.15, 0.2) is 5.78 Å². The van der Waals surface area contributed by atoms with E-state index in [1.807, 2.05) is 34.1 Å². The SMILES string of the molecule is C=CCCC=CCCCCCCCCCCOP(=O)(O)C(CC)[N+](C)(C)C. The van der Waals surface area contributed by atoms with Gasteiger partial charge in [-0.05, 0) is 32.1 Å². The van der Waals surface area contributed by atoms with E-state index in [1.165, 1.54) is 44.9 Å². The topological polar surface area (TPSA) is 46.5 Å². The van der Waals surface area contributed by atoms with Crippen LogP contribution in [0.5, 0.6) is 0 Å². The molecule has 0 amide bonds. The lowest BCUT2D eigenvalue weighted by molar-refractivity contribution is -0.883. The molecule has 2 unspecified atom stereocenters. The quantitative estimate of drug-likeness (QED) is 0.121. The van der Waals surface area contributed by atoms with Crippen LogP contribution < -0.4 is 0 Å². The van der Waals surface area contributed by atoms with Gasteiger partial charge in [0.05, 0.1) is 27.7 Å². The van der Waals surface area contributed by atoms with Gasteiger partial charge in [-0.1, -0.05) is 63.7 Å². The van der Waals surface area contributed by atoms with Gasteiger partial charge < -0.3 is 13.9 Å². The summed E-state index contributed by atoms with van der Waals surface area (Å²) in [5.41, 5.74) is 0. The lowest BCUT2D eigenvalue weighted by atomic mass is 10.1. The van der Waals surface area contributed by atoms with Gasteiger partial charge in [-0.25, -0.2) is 0 Å². The van der Waals surface area contributed by atoms with Crippen LogP contribution in [0.4, 0.5) is 0 Å². The zero-order valence-electron chi connectivity index (χ0n) is 18.4. The second kappa shape index (κ2) is 15.5. The minimum absolute atomic E-state index is 0.352. The van der Waals surface area contributed by atoms with E-state index in [1.54, 1.807) is 0 Å². The van der Waals surface area contributed by atoms with E-state index in [9.17, 15) is 9.46 Å². The van der Waals surface area contributed by atoms with Crippen LogP contribution in [-0.2, 0) is 9.09 Å². The first-order valence-corrected chi connectivity index (χ1v) is 12.4. The molecule has 160 valence electrons. The highest BCUT2D eigenvalue weighted by Gasteiger charge is 2.41. The summed E-state index contributed by atoms with van der Waals surface area (Å²) in [5, 5.41) is 0. The van der Waals surface area contributed by atoms with Crippen molar-refractivity contribution in [2.75, 3.05) is 27.7 Å². The zero-order chi connectivity index (χ0) is 20.6. The predicted octanol–water partition coefficient (Wildman–Crippen LogP) is 6.66. The number of allylic oxidation sites excluding steroid dienone is 3. The third-order valence-corrected chi connectivity index (χ3v) is 7.25. The fraction of sp³-hybridized carbons (Fsp3) is 0.818. The molecule has 0 aromatic heterocycles. The van der Waals surface area contributed by atoms with Gasteiger partial charge in [0.25, 0.3) is 0 Å². The fourth-order valence-electron chi connectivity index (χ4n) is 3.37. The largest absolute Gasteiger partial charge is 0.385 e. The molecule has 0 radical (unpaired) electrons. The van der Waals surface area contributed by atoms with E-state index in [-0.39, 0.29) is 5.78 Å². The molecule has 5 heteroatoms. The van der Waals surface area contributed by atoms with Crippen molar-refractivity contribution in [3.8, 4) is 0 Å². The monoisotopic (exact) mass is 402 g/mol. The predicted molar refractivity (Wildman–Crippen MR) is 118 cm³/mol. The molecule has 4 nitrogen and oxygen atoms in total. The molecule has 0 bridgehead atoms. The van der Waals surface area contributed by atoms with Crippen molar-refractivity contribution < 1.29 is 18.5 Å². The molecule has 0 saturated carbocycles. The number of hydrogen-bond acceptors (Lipinski definition) is 2. The maximum atomic E-state index is 12.4. The average molecular weight is 403 g/mol. The molecule has 0 saturated heterocycles. The Morgan fingerprint density at radius 1 is 0.926 bits per heavy atom. The molecular formula is C22H45NO3P+. The van der Waals surface area contributed by atoms with E-state index in [0.29, 0.717) is 17.5 Å². The summed E-state index contributed by atoms with van der Waals surface area (Å²) >= 11 is 0. The maximum Gasteiger partial charge on any atom is 0.385 e. The van der Waals surface area contributed by atoms with Crippen molar-refractivity contribution in [1.29, 1.82) is 0 Å². The zero-order valence-corrected chi connectivity index (χ0v) is 19.3. The molecule has 27 heavy (non-hydrogen) atoms. The van der Waals surface area contributed by atoms with Crippen LogP contribution in [0.25, 0.3) is 0 Å². The lowest BCUT2D eigenvalue weighted by Gasteiger charge is -2.35. The summed E-state index contributed by atoms with van der Waals surface area (Å²) < 4.78 is 18.3. The Labute approximate surface area is 168 Å². The number of quaternary nitrogens is 1. The number of hydrogen-bond donors (Lipinski definition) is 1. The van der Waals surface area contributed by atoms with Crippen molar-refractivity contribution in [3.05, 3.63) is 24.8 Å². The molecule has 0 aliphatic carbocycles. The molecule has 0 rings (SSSR count). The summed E-state index contributed by atoms with van der Waals surface area (Å²) in [5.74, 6) is -0.352. The minimum atomic E-state index is -3.55. The number of unbranched alkanes of at least 4 members (excludes halogenated alkanes) is 9. The molecule has 0 aromatic carbocycles. The highest BCUT2D eigenvalue weighted by molar-refractivity contribution is 7.53. The van der Waals surface area contributed by atoms with Crippen LogP contribution in [0.1, 0.15) is 84.0 Å². The molecule has 0 fully saturated rings. The van der Waals surface area contributed by atoms with Crippen LogP contribution in [0.15, 0.2) is 24.8 Å². The minimum Gasteiger partial charge on any atom is -0.320 e. The summed E-state index contributed by atoms with van der Waals surface area (Å²) in [6, 6.07) is 0. The Kier molecular flexibility index (Phi) is 15.3. The maximum absolute atomic E-state index is 12.4. The van der Waals surface area contributed by atoms with Gasteiger partial charge in [-0.15, -0.1) is 6.58 Å². The van der Waals surface area contributed by atoms with Crippen molar-refractivity contribution in [2.45, 2.75) is 89.8 Å². The summed E-state index contributed by atoms with van der Waals surface area (Å²) in [7, 11) is 2.28. The highest BCUT2D eigenvalue weighted by Crippen LogP contribution is 2.51. The molecule has 0 spiro atoms. The Morgan fingerprint density at radius 2 is 1.44 bits per heavy atom. The van der Waals surface area contributed by atoms with Gasteiger partial charge in [-0.2, -0.15) is 0 Å². The van der Waals surface area contributed by atoms with Crippen molar-refractivity contribution in [3.63, 3.8) is 0 Å². The van der Waals surface area contributed by atoms with Gasteiger partial charge >= 0.3 is 7.60 Å². The molecule has 0 aromatic rings. The lowest BCUT2D eigenvalue weighted by Crippen LogP contribution is -2.44. The van der Waals surface area contributed by atoms with Crippen LogP contribution in [-0.4, -0.2) is 42.9 Å². The highest BCUT2D eigenvalue weighted by atomic mass is 31.2. The van der Waals surface area contributed by atoms with E-state index in [0.717, 1.165) is 25.7 Å². The first-order valence-electron chi connectivity index (χ1n) is 10.8. The van der Waals surface area contributed by atoms with Crippen LogP contribution in [0.2, 0.25) is 0 Å². The van der Waals surface area contributed by atoms with Gasteiger partial charge in [0.1, 0.15) is 0 Å². The van der Waals surface area contributed by atoms with Gasteiger partial charge in [0.2, 0.25) is 0 Å². The van der Waals surface area contributed by atoms with E-state index in [4.69, 9.17) is 4.52 Å². The Hall–Kier alpha value is -0.410. The van der Waals surface area contributed by atoms with Crippen molar-refractivity contribution >= 4 is 7.60 Å². The molecule has 0 heterocycles. The normalized spacial score (nSPS) is 15.7. The average Bonchev–Trinajstić information content (AvgIpc) is 2.57. The van der Waals surface area contributed by atoms with Gasteiger partial charge in [0, 0.05) is 6.42 Å². The number of nitrogens with zero attached hydrogens (tertiary/aromatic N) is 1. The van der Waals surface area contributed by atoms with Crippen molar-refractivity contribution in [2.24, 2.45) is 0 Å². The summed E-state index contributed by atoms with van der Waals surface area (Å²) in [6.07, 6.45) is 20.1. The Morgan fingerprint density at radius 3 is 1.96 bits per heavy atom. The van der Waals surface area contributed by atoms with E-state index < -0.39 is 7.60 Å². The summed E-state index contributed by atoms with van der Waals surface area (Å²) in [6.45, 7) is 6.06. The third kappa shape index (κ3) is 14.3. The summed E-state index contributed by atoms with van der Waals surface area (Å²) in [4.78, 5) is 10.2. The molecular weight excluding hydrogens is 357 g/mol. The fourth-order valence-corrected chi connectivity index (χ4v) is 5.27. The second-order valence-electron chi connectivity index (χ2n) is 8.36. The first-order chi connectivity index (χ1) is 12.8. The standard InChI is InChI=1S/C22H44NO3P/c1-6-8-9-10-11-12-13-14-15-16-17-18-19-20-21-26-27(24,25)22(7-2)23(3,4)5/h6,10-11,22H,1,7-9,12-21H2,2-5H3/p+1. The molecule has 0 aliphatic heterocycles. The molecule has 2 atom stereocenters. The molecule has 1 N–H and O–H groups in total. The van der Waals surface area contributed by atoms with Crippen LogP contribution >= 0.6 is 7.60 Å². The van der Waals surface area contributed by atoms with Gasteiger partial charge in [-0.3, -0.25) is 4.57 Å². The Balaban J connectivity index is 3.58. The van der Waals surface area contributed by atoms with Crippen LogP contribution in [0.3, 0.4) is 0 Å². The smallest absolute Gasteiger partial charge is 0.320 e. The van der Waals surface area contributed by atoms with E-state index >= 15 is 0 Å². The third-order valence-electron chi connectivity index (χ3n) is 4.88. The molecule has 0 aliphatic rings. The first kappa shape index (κ1) is 26.6. The second-order valence-corrected chi connectivity index (χ2v) is 10.3. The Bertz CT molecular complexity index is 443. The van der Waals surface area contributed by atoms with Crippen molar-refractivity contribution in [1.82, 2.24) is 0 Å².